The van der Waals surface area contributed by atoms with E-state index in [0.717, 1.165) is 0 Å². The van der Waals surface area contributed by atoms with E-state index in [-0.39, 0.29) is 12.6 Å². The van der Waals surface area contributed by atoms with Crippen LogP contribution in [0.3, 0.4) is 0 Å². The molecule has 7 heteroatoms. The van der Waals surface area contributed by atoms with Crippen LogP contribution in [0, 0.1) is 0 Å². The fourth-order valence-electron chi connectivity index (χ4n) is 3.76. The summed E-state index contributed by atoms with van der Waals surface area (Å²) in [6, 6.07) is 31.6. The van der Waals surface area contributed by atoms with Crippen molar-refractivity contribution >= 4 is 29.1 Å². The van der Waals surface area contributed by atoms with Crippen LogP contribution in [0.5, 0.6) is 0 Å². The molecule has 1 heterocycles. The molecule has 0 aliphatic carbocycles. The van der Waals surface area contributed by atoms with Crippen LogP contribution in [0.1, 0.15) is 12.2 Å². The Balaban J connectivity index is 1.61. The Bertz CT molecular complexity index is 978. The number of tetrazole rings is 1. The van der Waals surface area contributed by atoms with Gasteiger partial charge < -0.3 is 4.74 Å². The van der Waals surface area contributed by atoms with Gasteiger partial charge in [0, 0.05) is 6.42 Å². The van der Waals surface area contributed by atoms with Crippen LogP contribution in [-0.4, -0.2) is 39.4 Å². The highest BCUT2D eigenvalue weighted by Crippen LogP contribution is 2.55. The first-order valence-corrected chi connectivity index (χ1v) is 12.2. The molecule has 0 aliphatic heterocycles. The van der Waals surface area contributed by atoms with Gasteiger partial charge in [-0.05, 0) is 36.4 Å². The van der Waals surface area contributed by atoms with Crippen molar-refractivity contribution < 1.29 is 9.53 Å². The zero-order valence-electron chi connectivity index (χ0n) is 17.1. The summed E-state index contributed by atoms with van der Waals surface area (Å²) in [5.41, 5.74) is 0. The fraction of sp³-hybridized carbons (Fsp3) is 0.167. The normalized spacial score (nSPS) is 11.2. The molecule has 0 saturated heterocycles. The molecular weight excluding hydrogens is 407 g/mol. The summed E-state index contributed by atoms with van der Waals surface area (Å²) in [5, 5.41) is 17.5. The van der Waals surface area contributed by atoms with E-state index in [2.05, 4.69) is 93.4 Å². The van der Waals surface area contributed by atoms with E-state index in [1.54, 1.807) is 0 Å². The SMILES string of the molecule is O=C(CC[P+](c1ccccc1)(c1ccccc1)c1ccccc1)OCCc1nn[nH]n1. The molecule has 0 saturated carbocycles. The second kappa shape index (κ2) is 10.1. The number of H-pyrrole nitrogens is 1. The Hall–Kier alpha value is -3.37. The van der Waals surface area contributed by atoms with Crippen molar-refractivity contribution in [2.45, 2.75) is 12.8 Å². The van der Waals surface area contributed by atoms with Gasteiger partial charge in [-0.15, -0.1) is 10.2 Å². The Morgan fingerprint density at radius 1 is 0.806 bits per heavy atom. The number of hydrogen-bond donors (Lipinski definition) is 1. The molecule has 156 valence electrons. The van der Waals surface area contributed by atoms with Crippen molar-refractivity contribution in [3.63, 3.8) is 0 Å². The van der Waals surface area contributed by atoms with Crippen LogP contribution in [0.4, 0.5) is 0 Å². The molecule has 0 unspecified atom stereocenters. The van der Waals surface area contributed by atoms with Crippen molar-refractivity contribution in [1.82, 2.24) is 20.6 Å². The zero-order valence-corrected chi connectivity index (χ0v) is 18.0. The van der Waals surface area contributed by atoms with Gasteiger partial charge in [-0.25, -0.2) is 0 Å². The van der Waals surface area contributed by atoms with Crippen LogP contribution >= 0.6 is 7.26 Å². The van der Waals surface area contributed by atoms with Crippen molar-refractivity contribution in [2.75, 3.05) is 12.8 Å². The molecule has 1 aromatic heterocycles. The van der Waals surface area contributed by atoms with Gasteiger partial charge in [0.05, 0.1) is 19.2 Å². The number of aromatic amines is 1. The van der Waals surface area contributed by atoms with Gasteiger partial charge in [0.2, 0.25) is 0 Å². The average Bonchev–Trinajstić information content (AvgIpc) is 3.35. The van der Waals surface area contributed by atoms with Gasteiger partial charge in [0.25, 0.3) is 0 Å². The highest BCUT2D eigenvalue weighted by molar-refractivity contribution is 7.95. The molecule has 3 aromatic carbocycles. The number of ether oxygens (including phenoxy) is 1. The summed E-state index contributed by atoms with van der Waals surface area (Å²) in [6.07, 6.45) is 1.48. The van der Waals surface area contributed by atoms with E-state index < -0.39 is 7.26 Å². The summed E-state index contributed by atoms with van der Waals surface area (Å²) < 4.78 is 5.48. The molecule has 1 N–H and O–H groups in total. The fourth-order valence-corrected chi connectivity index (χ4v) is 7.99. The molecular formula is C24H24N4O2P+. The molecule has 0 fully saturated rings. The standard InChI is InChI=1S/C24H24N4O2P/c29-24(30-18-16-23-25-27-28-26-23)17-19-31(20-10-4-1-5-11-20,21-12-6-2-7-13-21)22-14-8-3-9-15-22/h1-15H,16-19H2,(H,25,26,27,28)/q+1. The zero-order chi connectivity index (χ0) is 21.4. The predicted octanol–water partition coefficient (Wildman–Crippen LogP) is 2.67. The highest BCUT2D eigenvalue weighted by atomic mass is 31.2. The maximum atomic E-state index is 12.6. The summed E-state index contributed by atoms with van der Waals surface area (Å²) in [4.78, 5) is 12.6. The number of nitrogens with zero attached hydrogens (tertiary/aromatic N) is 3. The minimum Gasteiger partial charge on any atom is -0.465 e. The monoisotopic (exact) mass is 431 g/mol. The van der Waals surface area contributed by atoms with E-state index in [4.69, 9.17) is 4.74 Å². The first kappa shape index (κ1) is 20.9. The summed E-state index contributed by atoms with van der Waals surface area (Å²) in [6.45, 7) is 0.242. The van der Waals surface area contributed by atoms with Crippen LogP contribution in [0.15, 0.2) is 91.0 Å². The number of benzene rings is 3. The molecule has 0 aliphatic rings. The summed E-state index contributed by atoms with van der Waals surface area (Å²) >= 11 is 0. The van der Waals surface area contributed by atoms with Gasteiger partial charge >= 0.3 is 5.97 Å². The molecule has 0 atom stereocenters. The summed E-state index contributed by atoms with van der Waals surface area (Å²) in [5.74, 6) is 0.322. The topological polar surface area (TPSA) is 80.8 Å². The van der Waals surface area contributed by atoms with Gasteiger partial charge in [0.15, 0.2) is 5.82 Å². The Morgan fingerprint density at radius 3 is 1.77 bits per heavy atom. The van der Waals surface area contributed by atoms with Gasteiger partial charge in [-0.3, -0.25) is 4.79 Å². The Labute approximate surface area is 182 Å². The van der Waals surface area contributed by atoms with Gasteiger partial charge in [-0.1, -0.05) is 59.8 Å². The minimum atomic E-state index is -2.03. The van der Waals surface area contributed by atoms with E-state index in [0.29, 0.717) is 24.8 Å². The molecule has 0 spiro atoms. The second-order valence-corrected chi connectivity index (χ2v) is 10.7. The van der Waals surface area contributed by atoms with Crippen molar-refractivity contribution in [3.05, 3.63) is 96.8 Å². The van der Waals surface area contributed by atoms with Gasteiger partial charge in [0.1, 0.15) is 23.2 Å². The van der Waals surface area contributed by atoms with E-state index in [9.17, 15) is 4.79 Å². The molecule has 6 nitrogen and oxygen atoms in total. The lowest BCUT2D eigenvalue weighted by molar-refractivity contribution is -0.143. The van der Waals surface area contributed by atoms with Gasteiger partial charge in [-0.2, -0.15) is 5.21 Å². The van der Waals surface area contributed by atoms with E-state index in [1.807, 2.05) is 18.2 Å². The lowest BCUT2D eigenvalue weighted by Gasteiger charge is -2.27. The van der Waals surface area contributed by atoms with E-state index in [1.165, 1.54) is 15.9 Å². The van der Waals surface area contributed by atoms with Crippen LogP contribution in [0.25, 0.3) is 0 Å². The maximum absolute atomic E-state index is 12.6. The first-order chi connectivity index (χ1) is 15.3. The quantitative estimate of drug-likeness (QED) is 0.326. The van der Waals surface area contributed by atoms with Crippen LogP contribution in [-0.2, 0) is 16.0 Å². The lowest BCUT2D eigenvalue weighted by Crippen LogP contribution is -2.34. The lowest BCUT2D eigenvalue weighted by atomic mass is 10.3. The number of carbonyl (C=O) groups excluding carboxylic acids is 1. The van der Waals surface area contributed by atoms with E-state index >= 15 is 0 Å². The minimum absolute atomic E-state index is 0.212. The smallest absolute Gasteiger partial charge is 0.309 e. The third-order valence-corrected chi connectivity index (χ3v) is 9.65. The molecule has 0 amide bonds. The number of hydrogen-bond acceptors (Lipinski definition) is 5. The number of carbonyl (C=O) groups is 1. The van der Waals surface area contributed by atoms with Crippen molar-refractivity contribution in [2.24, 2.45) is 0 Å². The van der Waals surface area contributed by atoms with Crippen LogP contribution in [0.2, 0.25) is 0 Å². The molecule has 31 heavy (non-hydrogen) atoms. The Morgan fingerprint density at radius 2 is 1.32 bits per heavy atom. The molecule has 0 radical (unpaired) electrons. The van der Waals surface area contributed by atoms with Crippen LogP contribution < -0.4 is 15.9 Å². The number of nitrogens with one attached hydrogen (secondary N) is 1. The Kier molecular flexibility index (Phi) is 6.80. The maximum Gasteiger partial charge on any atom is 0.309 e. The number of aromatic nitrogens is 4. The number of rotatable bonds is 9. The highest BCUT2D eigenvalue weighted by Gasteiger charge is 2.45. The average molecular weight is 431 g/mol. The third-order valence-electron chi connectivity index (χ3n) is 5.22. The molecule has 4 rings (SSSR count). The predicted molar refractivity (Wildman–Crippen MR) is 123 cm³/mol. The summed E-state index contributed by atoms with van der Waals surface area (Å²) in [7, 11) is -2.03. The molecule has 0 bridgehead atoms. The number of esters is 1. The van der Waals surface area contributed by atoms with Crippen molar-refractivity contribution in [3.8, 4) is 0 Å². The first-order valence-electron chi connectivity index (χ1n) is 10.2. The second-order valence-electron chi connectivity index (χ2n) is 7.09. The molecule has 4 aromatic rings. The largest absolute Gasteiger partial charge is 0.465 e. The third kappa shape index (κ3) is 4.86. The van der Waals surface area contributed by atoms with Crippen molar-refractivity contribution in [1.29, 1.82) is 0 Å².